The highest BCUT2D eigenvalue weighted by molar-refractivity contribution is 7.89. The van der Waals surface area contributed by atoms with Crippen molar-refractivity contribution in [1.82, 2.24) is 4.72 Å². The van der Waals surface area contributed by atoms with Gasteiger partial charge in [-0.25, -0.2) is 17.5 Å². The van der Waals surface area contributed by atoms with Gasteiger partial charge < -0.3 is 9.90 Å². The van der Waals surface area contributed by atoms with Crippen molar-refractivity contribution in [2.24, 2.45) is 0 Å². The number of nitrogens with zero attached hydrogens (tertiary/aromatic N) is 1. The smallest absolute Gasteiger partial charge is 0.269 e. The summed E-state index contributed by atoms with van der Waals surface area (Å²) in [6, 6.07) is 7.54. The average Bonchev–Trinajstić information content (AvgIpc) is 2.54. The van der Waals surface area contributed by atoms with Crippen LogP contribution in [0.2, 0.25) is 0 Å². The minimum absolute atomic E-state index is 0.0871. The highest BCUT2D eigenvalue weighted by Gasteiger charge is 2.23. The Morgan fingerprint density at radius 3 is 2.40 bits per heavy atom. The third-order valence-electron chi connectivity index (χ3n) is 3.28. The summed E-state index contributed by atoms with van der Waals surface area (Å²) in [5.74, 6) is -2.18. The molecule has 0 aliphatic rings. The van der Waals surface area contributed by atoms with E-state index in [4.69, 9.17) is 0 Å². The number of carbonyl (C=O) groups excluding carboxylic acids is 1. The van der Waals surface area contributed by atoms with Crippen LogP contribution in [-0.4, -0.2) is 19.3 Å². The third-order valence-corrected chi connectivity index (χ3v) is 4.76. The number of aliphatic carboxylic acids is 1. The van der Waals surface area contributed by atoms with Gasteiger partial charge >= 0.3 is 0 Å². The first-order valence-electron chi connectivity index (χ1n) is 6.91. The number of nitro benzene ring substituents is 1. The predicted octanol–water partition coefficient (Wildman–Crippen LogP) is 0.893. The van der Waals surface area contributed by atoms with Crippen molar-refractivity contribution in [2.75, 3.05) is 0 Å². The molecule has 0 aliphatic carbocycles. The van der Waals surface area contributed by atoms with Crippen LogP contribution < -0.4 is 9.83 Å². The van der Waals surface area contributed by atoms with Crippen LogP contribution >= 0.6 is 0 Å². The van der Waals surface area contributed by atoms with E-state index in [0.29, 0.717) is 0 Å². The number of non-ortho nitro benzene ring substituents is 1. The van der Waals surface area contributed by atoms with Gasteiger partial charge in [0.05, 0.1) is 15.9 Å². The molecule has 0 unspecified atom stereocenters. The monoisotopic (exact) mass is 367 g/mol. The van der Waals surface area contributed by atoms with Gasteiger partial charge in [0.1, 0.15) is 5.82 Å². The van der Waals surface area contributed by atoms with E-state index in [1.807, 2.05) is 0 Å². The Balaban J connectivity index is 2.38. The number of carboxylic acids is 1. The van der Waals surface area contributed by atoms with Gasteiger partial charge in [-0.1, -0.05) is 12.1 Å². The quantitative estimate of drug-likeness (QED) is 0.571. The molecular formula is C15H12FN2O6S-. The number of hydrogen-bond donors (Lipinski definition) is 1. The fraction of sp³-hybridized carbons (Fsp3) is 0.133. The first-order valence-corrected chi connectivity index (χ1v) is 8.39. The molecule has 2 aromatic carbocycles. The van der Waals surface area contributed by atoms with Crippen molar-refractivity contribution >= 4 is 21.7 Å². The largest absolute Gasteiger partial charge is 0.550 e. The first kappa shape index (κ1) is 18.5. The van der Waals surface area contributed by atoms with Gasteiger partial charge in [-0.05, 0) is 29.8 Å². The molecule has 2 aromatic rings. The molecule has 0 bridgehead atoms. The molecule has 8 nitrogen and oxygen atoms in total. The molecule has 0 saturated heterocycles. The van der Waals surface area contributed by atoms with E-state index in [-0.39, 0.29) is 16.1 Å². The van der Waals surface area contributed by atoms with Crippen LogP contribution in [0.15, 0.2) is 53.4 Å². The lowest BCUT2D eigenvalue weighted by Gasteiger charge is -2.19. The number of nitrogens with one attached hydrogen (secondary N) is 1. The van der Waals surface area contributed by atoms with Crippen molar-refractivity contribution in [3.63, 3.8) is 0 Å². The lowest BCUT2D eigenvalue weighted by Crippen LogP contribution is -2.34. The highest BCUT2D eigenvalue weighted by atomic mass is 32.2. The number of sulfonamides is 1. The standard InChI is InChI=1S/C15H13FN2O6S/c16-11-4-6-13(7-5-11)25(23,24)17-14(9-15(19)20)10-2-1-3-12(8-10)18(21)22/h1-8,14,17H,9H2,(H,19,20)/p-1/t14-/m1/s1. The lowest BCUT2D eigenvalue weighted by molar-refractivity contribution is -0.385. The summed E-state index contributed by atoms with van der Waals surface area (Å²) >= 11 is 0. The van der Waals surface area contributed by atoms with Gasteiger partial charge in [-0.15, -0.1) is 0 Å². The van der Waals surface area contributed by atoms with Crippen molar-refractivity contribution in [3.8, 4) is 0 Å². The highest BCUT2D eigenvalue weighted by Crippen LogP contribution is 2.24. The van der Waals surface area contributed by atoms with E-state index in [1.165, 1.54) is 18.2 Å². The fourth-order valence-corrected chi connectivity index (χ4v) is 3.34. The molecule has 10 heteroatoms. The van der Waals surface area contributed by atoms with Crippen LogP contribution in [0.3, 0.4) is 0 Å². The van der Waals surface area contributed by atoms with Crippen molar-refractivity contribution in [3.05, 3.63) is 70.0 Å². The second-order valence-corrected chi connectivity index (χ2v) is 6.77. The molecule has 0 saturated carbocycles. The van der Waals surface area contributed by atoms with E-state index in [1.54, 1.807) is 0 Å². The summed E-state index contributed by atoms with van der Waals surface area (Å²) in [5, 5.41) is 21.8. The Bertz CT molecular complexity index is 898. The second-order valence-electron chi connectivity index (χ2n) is 5.06. The number of carbonyl (C=O) groups is 1. The minimum atomic E-state index is -4.18. The van der Waals surface area contributed by atoms with Crippen LogP contribution in [0, 0.1) is 15.9 Å². The summed E-state index contributed by atoms with van der Waals surface area (Å²) < 4.78 is 39.8. The molecule has 0 amide bonds. The summed E-state index contributed by atoms with van der Waals surface area (Å²) in [5.41, 5.74) is -0.231. The molecule has 25 heavy (non-hydrogen) atoms. The normalized spacial score (nSPS) is 12.5. The van der Waals surface area contributed by atoms with E-state index in [2.05, 4.69) is 4.72 Å². The summed E-state index contributed by atoms with van der Waals surface area (Å²) in [7, 11) is -4.18. The van der Waals surface area contributed by atoms with E-state index in [9.17, 15) is 32.8 Å². The van der Waals surface area contributed by atoms with E-state index in [0.717, 1.165) is 30.3 Å². The average molecular weight is 367 g/mol. The second kappa shape index (κ2) is 7.36. The maximum Gasteiger partial charge on any atom is 0.269 e. The van der Waals surface area contributed by atoms with Crippen molar-refractivity contribution in [1.29, 1.82) is 0 Å². The van der Waals surface area contributed by atoms with Gasteiger partial charge in [0.15, 0.2) is 0 Å². The molecule has 0 fully saturated rings. The van der Waals surface area contributed by atoms with Gasteiger partial charge in [0, 0.05) is 24.5 Å². The number of carboxylic acid groups (broad SMARTS) is 1. The zero-order valence-corrected chi connectivity index (χ0v) is 13.4. The van der Waals surface area contributed by atoms with Gasteiger partial charge in [0.2, 0.25) is 10.0 Å². The molecule has 1 N–H and O–H groups in total. The van der Waals surface area contributed by atoms with Crippen LogP contribution in [0.1, 0.15) is 18.0 Å². The Hall–Kier alpha value is -2.85. The van der Waals surface area contributed by atoms with Gasteiger partial charge in [0.25, 0.3) is 5.69 Å². The maximum atomic E-state index is 12.9. The van der Waals surface area contributed by atoms with Gasteiger partial charge in [-0.3, -0.25) is 10.1 Å². The lowest BCUT2D eigenvalue weighted by atomic mass is 10.0. The summed E-state index contributed by atoms with van der Waals surface area (Å²) in [6.07, 6.45) is -0.735. The molecule has 1 atom stereocenters. The van der Waals surface area contributed by atoms with Crippen molar-refractivity contribution < 1.29 is 27.6 Å². The number of rotatable bonds is 7. The zero-order chi connectivity index (χ0) is 18.6. The minimum Gasteiger partial charge on any atom is -0.550 e. The Kier molecular flexibility index (Phi) is 5.45. The van der Waals surface area contributed by atoms with Crippen LogP contribution in [0.5, 0.6) is 0 Å². The third kappa shape index (κ3) is 4.81. The van der Waals surface area contributed by atoms with Crippen molar-refractivity contribution in [2.45, 2.75) is 17.4 Å². The Morgan fingerprint density at radius 2 is 1.84 bits per heavy atom. The molecule has 0 spiro atoms. The predicted molar refractivity (Wildman–Crippen MR) is 82.2 cm³/mol. The Morgan fingerprint density at radius 1 is 1.20 bits per heavy atom. The SMILES string of the molecule is O=C([O-])C[C@@H](NS(=O)(=O)c1ccc(F)cc1)c1cccc([N+](=O)[O-])c1. The van der Waals surface area contributed by atoms with Crippen LogP contribution in [0.4, 0.5) is 10.1 Å². The van der Waals surface area contributed by atoms with Crippen LogP contribution in [0.25, 0.3) is 0 Å². The molecule has 0 aromatic heterocycles. The molecular weight excluding hydrogens is 355 g/mol. The topological polar surface area (TPSA) is 129 Å². The zero-order valence-electron chi connectivity index (χ0n) is 12.6. The number of benzene rings is 2. The molecule has 0 heterocycles. The molecule has 0 aliphatic heterocycles. The van der Waals surface area contributed by atoms with Gasteiger partial charge in [-0.2, -0.15) is 0 Å². The molecule has 2 rings (SSSR count). The summed E-state index contributed by atoms with van der Waals surface area (Å²) in [4.78, 5) is 20.8. The molecule has 0 radical (unpaired) electrons. The van der Waals surface area contributed by atoms with Crippen LogP contribution in [-0.2, 0) is 14.8 Å². The molecule has 132 valence electrons. The maximum absolute atomic E-state index is 12.9. The summed E-state index contributed by atoms with van der Waals surface area (Å²) in [6.45, 7) is 0. The first-order chi connectivity index (χ1) is 11.7. The fourth-order valence-electron chi connectivity index (χ4n) is 2.12. The van der Waals surface area contributed by atoms with E-state index >= 15 is 0 Å². The number of nitro groups is 1. The van der Waals surface area contributed by atoms with E-state index < -0.39 is 39.2 Å². The Labute approximate surface area is 142 Å². The number of hydrogen-bond acceptors (Lipinski definition) is 6. The number of halogens is 1.